The Morgan fingerprint density at radius 2 is 2.11 bits per heavy atom. The molecule has 4 rings (SSSR count). The van der Waals surface area contributed by atoms with Crippen molar-refractivity contribution >= 4 is 33.2 Å². The number of nitrogens with one attached hydrogen (secondary N) is 1. The van der Waals surface area contributed by atoms with Crippen LogP contribution < -0.4 is 5.73 Å². The quantitative estimate of drug-likeness (QED) is 0.493. The van der Waals surface area contributed by atoms with Crippen LogP contribution in [-0.4, -0.2) is 31.1 Å². The monoisotopic (exact) mass is 442 g/mol. The third-order valence-corrected chi connectivity index (χ3v) is 5.88. The van der Waals surface area contributed by atoms with Crippen molar-refractivity contribution in [1.29, 1.82) is 0 Å². The number of H-pyrrole nitrogens is 1. The van der Waals surface area contributed by atoms with E-state index in [1.165, 1.54) is 0 Å². The molecule has 0 aliphatic carbocycles. The molecule has 0 aliphatic rings. The fourth-order valence-corrected chi connectivity index (χ4v) is 4.43. The number of rotatable bonds is 5. The number of halogens is 1. The lowest BCUT2D eigenvalue weighted by Gasteiger charge is -2.15. The number of tetrazole rings is 1. The van der Waals surface area contributed by atoms with E-state index in [4.69, 9.17) is 5.73 Å². The summed E-state index contributed by atoms with van der Waals surface area (Å²) >= 11 is 5.19. The van der Waals surface area contributed by atoms with Crippen molar-refractivity contribution in [3.63, 3.8) is 0 Å². The average Bonchev–Trinajstić information content (AvgIpc) is 3.37. The van der Waals surface area contributed by atoms with Gasteiger partial charge in [0.15, 0.2) is 5.82 Å². The molecule has 3 N–H and O–H groups in total. The number of aryl methyl sites for hydroxylation is 1. The number of primary amides is 1. The van der Waals surface area contributed by atoms with Crippen LogP contribution in [0, 0.1) is 6.92 Å². The lowest BCUT2D eigenvalue weighted by Crippen LogP contribution is -2.12. The van der Waals surface area contributed by atoms with Gasteiger partial charge in [0.2, 0.25) is 5.91 Å². The Morgan fingerprint density at radius 1 is 1.26 bits per heavy atom. The maximum Gasteiger partial charge on any atom is 0.248 e. The Morgan fingerprint density at radius 3 is 2.74 bits per heavy atom. The van der Waals surface area contributed by atoms with Gasteiger partial charge in [-0.05, 0) is 70.9 Å². The molecule has 3 heterocycles. The van der Waals surface area contributed by atoms with Crippen LogP contribution in [0.15, 0.2) is 46.3 Å². The Kier molecular flexibility index (Phi) is 4.63. The summed E-state index contributed by atoms with van der Waals surface area (Å²) in [5.74, 6) is 0.172. The van der Waals surface area contributed by atoms with Gasteiger partial charge in [0, 0.05) is 16.9 Å². The summed E-state index contributed by atoms with van der Waals surface area (Å²) in [7, 11) is 0. The smallest absolute Gasteiger partial charge is 0.248 e. The summed E-state index contributed by atoms with van der Waals surface area (Å²) in [4.78, 5) is 12.6. The topological polar surface area (TPSA) is 102 Å². The highest BCUT2D eigenvalue weighted by Crippen LogP contribution is 2.35. The van der Waals surface area contributed by atoms with E-state index in [0.717, 1.165) is 31.3 Å². The summed E-state index contributed by atoms with van der Waals surface area (Å²) in [6.07, 6.45) is 0.528. The maximum atomic E-state index is 11.5. The van der Waals surface area contributed by atoms with Gasteiger partial charge in [-0.25, -0.2) is 0 Å². The van der Waals surface area contributed by atoms with E-state index in [-0.39, 0.29) is 0 Å². The molecule has 0 fully saturated rings. The minimum atomic E-state index is -0.438. The molecule has 9 heteroatoms. The molecular weight excluding hydrogens is 428 g/mol. The summed E-state index contributed by atoms with van der Waals surface area (Å²) < 4.78 is 3.22. The number of hydrogen-bond donors (Lipinski definition) is 2. The first-order chi connectivity index (χ1) is 13.0. The van der Waals surface area contributed by atoms with Crippen LogP contribution in [0.25, 0.3) is 16.3 Å². The number of benzene rings is 1. The molecule has 0 radical (unpaired) electrons. The van der Waals surface area contributed by atoms with E-state index in [2.05, 4.69) is 59.3 Å². The first-order valence-electron chi connectivity index (χ1n) is 8.12. The fraction of sp³-hybridized carbons (Fsp3) is 0.111. The molecule has 3 aromatic heterocycles. The zero-order chi connectivity index (χ0) is 19.0. The van der Waals surface area contributed by atoms with Crippen molar-refractivity contribution < 1.29 is 4.79 Å². The molecule has 0 saturated carbocycles. The first-order valence-corrected chi connectivity index (χ1v) is 9.73. The van der Waals surface area contributed by atoms with Crippen LogP contribution in [0.5, 0.6) is 0 Å². The number of aromatic nitrogens is 5. The van der Waals surface area contributed by atoms with Crippen molar-refractivity contribution in [2.45, 2.75) is 13.3 Å². The number of carbonyl (C=O) groups is 1. The molecular formula is C18H15BrN6OS. The van der Waals surface area contributed by atoms with Crippen molar-refractivity contribution in [2.24, 2.45) is 5.73 Å². The van der Waals surface area contributed by atoms with Gasteiger partial charge in [-0.2, -0.15) is 5.21 Å². The van der Waals surface area contributed by atoms with E-state index in [0.29, 0.717) is 17.8 Å². The number of aromatic amines is 1. The lowest BCUT2D eigenvalue weighted by atomic mass is 10.1. The SMILES string of the molecule is Cc1cc(C(N)=O)ccc1-n1c(Cc2nn[nH]n2)ccc1-c1ccc(Br)s1. The molecule has 0 saturated heterocycles. The fourth-order valence-electron chi connectivity index (χ4n) is 3.02. The Balaban J connectivity index is 1.88. The van der Waals surface area contributed by atoms with E-state index >= 15 is 0 Å². The summed E-state index contributed by atoms with van der Waals surface area (Å²) in [5.41, 5.74) is 9.91. The molecule has 1 amide bonds. The molecule has 27 heavy (non-hydrogen) atoms. The number of nitrogens with zero attached hydrogens (tertiary/aromatic N) is 4. The number of nitrogens with two attached hydrogens (primary N) is 1. The standard InChI is InChI=1S/C18H15BrN6OS/c1-10-8-11(18(20)26)2-4-13(10)25-12(9-17-21-23-24-22-17)3-5-14(25)15-6-7-16(19)27-15/h2-8H,9H2,1H3,(H2,20,26)(H,21,22,23,24). The third kappa shape index (κ3) is 3.43. The van der Waals surface area contributed by atoms with Gasteiger partial charge in [-0.3, -0.25) is 4.79 Å². The lowest BCUT2D eigenvalue weighted by molar-refractivity contribution is 0.1000. The molecule has 1 aromatic carbocycles. The highest BCUT2D eigenvalue weighted by molar-refractivity contribution is 9.11. The summed E-state index contributed by atoms with van der Waals surface area (Å²) in [6, 6.07) is 13.7. The van der Waals surface area contributed by atoms with Gasteiger partial charge in [-0.15, -0.1) is 21.5 Å². The van der Waals surface area contributed by atoms with Crippen LogP contribution in [0.1, 0.15) is 27.4 Å². The summed E-state index contributed by atoms with van der Waals surface area (Å²) in [5, 5.41) is 14.3. The molecule has 0 unspecified atom stereocenters. The molecule has 4 aromatic rings. The number of hydrogen-bond acceptors (Lipinski definition) is 5. The minimum absolute atomic E-state index is 0.438. The zero-order valence-corrected chi connectivity index (χ0v) is 16.7. The molecule has 0 bridgehead atoms. The normalized spacial score (nSPS) is 11.0. The van der Waals surface area contributed by atoms with Gasteiger partial charge in [-0.1, -0.05) is 5.21 Å². The largest absolute Gasteiger partial charge is 0.366 e. The van der Waals surface area contributed by atoms with Gasteiger partial charge < -0.3 is 10.3 Å². The number of thiophene rings is 1. The van der Waals surface area contributed by atoms with E-state index < -0.39 is 5.91 Å². The Labute approximate surface area is 167 Å². The highest BCUT2D eigenvalue weighted by atomic mass is 79.9. The van der Waals surface area contributed by atoms with Crippen molar-refractivity contribution in [3.05, 3.63) is 68.9 Å². The molecule has 136 valence electrons. The van der Waals surface area contributed by atoms with Gasteiger partial charge in [0.05, 0.1) is 20.8 Å². The molecule has 0 aliphatic heterocycles. The van der Waals surface area contributed by atoms with E-state index in [9.17, 15) is 4.79 Å². The second-order valence-electron chi connectivity index (χ2n) is 6.02. The van der Waals surface area contributed by atoms with Crippen LogP contribution in [0.4, 0.5) is 0 Å². The third-order valence-electron chi connectivity index (χ3n) is 4.24. The van der Waals surface area contributed by atoms with Crippen LogP contribution in [0.3, 0.4) is 0 Å². The van der Waals surface area contributed by atoms with Crippen LogP contribution in [-0.2, 0) is 6.42 Å². The van der Waals surface area contributed by atoms with Crippen molar-refractivity contribution in [1.82, 2.24) is 25.2 Å². The Bertz CT molecular complexity index is 1120. The predicted molar refractivity (Wildman–Crippen MR) is 107 cm³/mol. The Hall–Kier alpha value is -2.78. The van der Waals surface area contributed by atoms with Crippen molar-refractivity contribution in [3.8, 4) is 16.3 Å². The average molecular weight is 443 g/mol. The molecule has 0 spiro atoms. The van der Waals surface area contributed by atoms with Crippen LogP contribution in [0.2, 0.25) is 0 Å². The highest BCUT2D eigenvalue weighted by Gasteiger charge is 2.17. The number of amides is 1. The zero-order valence-electron chi connectivity index (χ0n) is 14.3. The molecule has 7 nitrogen and oxygen atoms in total. The second-order valence-corrected chi connectivity index (χ2v) is 8.48. The first kappa shape index (κ1) is 17.6. The number of carbonyl (C=O) groups excluding carboxylic acids is 1. The van der Waals surface area contributed by atoms with Crippen LogP contribution >= 0.6 is 27.3 Å². The van der Waals surface area contributed by atoms with E-state index in [1.807, 2.05) is 25.1 Å². The van der Waals surface area contributed by atoms with Crippen molar-refractivity contribution in [2.75, 3.05) is 0 Å². The van der Waals surface area contributed by atoms with Gasteiger partial charge in [0.25, 0.3) is 0 Å². The van der Waals surface area contributed by atoms with Gasteiger partial charge >= 0.3 is 0 Å². The molecule has 0 atom stereocenters. The van der Waals surface area contributed by atoms with Gasteiger partial charge in [0.1, 0.15) is 0 Å². The summed E-state index contributed by atoms with van der Waals surface area (Å²) in [6.45, 7) is 1.97. The maximum absolute atomic E-state index is 11.5. The predicted octanol–water partition coefficient (Wildman–Crippen LogP) is 3.48. The second kappa shape index (κ2) is 7.09. The minimum Gasteiger partial charge on any atom is -0.366 e. The van der Waals surface area contributed by atoms with E-state index in [1.54, 1.807) is 17.4 Å².